The van der Waals surface area contributed by atoms with Gasteiger partial charge in [-0.3, -0.25) is 10.00 Å². The number of fused-ring (bicyclic) bond motifs is 4. The van der Waals surface area contributed by atoms with Crippen LogP contribution >= 0.6 is 0 Å². The number of carbonyl (C=O) groups is 1. The lowest BCUT2D eigenvalue weighted by Gasteiger charge is -2.36. The number of hydrogen-bond donors (Lipinski definition) is 2. The monoisotopic (exact) mass is 465 g/mol. The van der Waals surface area contributed by atoms with Crippen LogP contribution in [0.1, 0.15) is 12.0 Å². The maximum Gasteiger partial charge on any atom is 0.407 e. The van der Waals surface area contributed by atoms with Crippen LogP contribution in [0.4, 0.5) is 10.5 Å². The van der Waals surface area contributed by atoms with Gasteiger partial charge in [-0.15, -0.1) is 0 Å². The number of hydrogen-bond acceptors (Lipinski definition) is 7. The number of carbonyl (C=O) groups excluding carboxylic acids is 1. The third-order valence-electron chi connectivity index (χ3n) is 6.36. The quantitative estimate of drug-likeness (QED) is 0.612. The molecule has 180 valence electrons. The molecule has 2 aromatic carbocycles. The van der Waals surface area contributed by atoms with E-state index in [1.165, 1.54) is 0 Å². The summed E-state index contributed by atoms with van der Waals surface area (Å²) >= 11 is 0. The molecule has 3 heterocycles. The van der Waals surface area contributed by atoms with Crippen molar-refractivity contribution >= 4 is 22.7 Å². The number of ether oxygens (including phenoxy) is 3. The van der Waals surface area contributed by atoms with Crippen molar-refractivity contribution in [1.82, 2.24) is 20.4 Å². The van der Waals surface area contributed by atoms with Gasteiger partial charge < -0.3 is 24.4 Å². The standard InChI is InChI=1S/C25H31N5O4/c1-32-12-10-29-6-8-30(9-7-29)20-14-18-13-19(15-20)24-22-16-21(3-4-23(22)27-28-24)33-11-2-5-26-25(31)34-17-18/h3-4,13-16H,2,5-12,17H2,1H3,(H,26,31)(H,27,28). The Labute approximate surface area is 199 Å². The number of nitrogens with one attached hydrogen (secondary N) is 2. The fourth-order valence-electron chi connectivity index (χ4n) is 4.48. The van der Waals surface area contributed by atoms with Crippen molar-refractivity contribution in [1.29, 1.82) is 0 Å². The predicted octanol–water partition coefficient (Wildman–Crippen LogP) is 3.01. The Morgan fingerprint density at radius 1 is 1.09 bits per heavy atom. The topological polar surface area (TPSA) is 92.0 Å². The molecule has 4 bridgehead atoms. The zero-order valence-corrected chi connectivity index (χ0v) is 19.5. The smallest absolute Gasteiger partial charge is 0.407 e. The summed E-state index contributed by atoms with van der Waals surface area (Å²) in [6.07, 6.45) is 0.274. The molecule has 0 saturated carbocycles. The second kappa shape index (κ2) is 10.3. The summed E-state index contributed by atoms with van der Waals surface area (Å²) in [6.45, 7) is 6.70. The Kier molecular flexibility index (Phi) is 6.82. The van der Waals surface area contributed by atoms with Crippen molar-refractivity contribution in [2.24, 2.45) is 0 Å². The van der Waals surface area contributed by atoms with E-state index in [-0.39, 0.29) is 6.61 Å². The van der Waals surface area contributed by atoms with Crippen LogP contribution in [0.15, 0.2) is 36.4 Å². The molecule has 1 fully saturated rings. The van der Waals surface area contributed by atoms with Crippen LogP contribution in [0.2, 0.25) is 0 Å². The minimum Gasteiger partial charge on any atom is -0.494 e. The van der Waals surface area contributed by atoms with E-state index in [4.69, 9.17) is 14.2 Å². The van der Waals surface area contributed by atoms with Crippen molar-refractivity contribution < 1.29 is 19.0 Å². The minimum absolute atomic E-state index is 0.199. The average molecular weight is 466 g/mol. The van der Waals surface area contributed by atoms with Gasteiger partial charge in [0.25, 0.3) is 0 Å². The van der Waals surface area contributed by atoms with E-state index < -0.39 is 6.09 Å². The number of methoxy groups -OCH3 is 1. The molecular weight excluding hydrogens is 434 g/mol. The summed E-state index contributed by atoms with van der Waals surface area (Å²) in [5.74, 6) is 0.788. The molecule has 2 aliphatic heterocycles. The maximum absolute atomic E-state index is 12.2. The lowest BCUT2D eigenvalue weighted by Crippen LogP contribution is -2.47. The molecule has 2 N–H and O–H groups in total. The summed E-state index contributed by atoms with van der Waals surface area (Å²) in [7, 11) is 1.74. The molecule has 0 aliphatic carbocycles. The Morgan fingerprint density at radius 2 is 1.97 bits per heavy atom. The van der Waals surface area contributed by atoms with Crippen molar-refractivity contribution in [2.75, 3.05) is 64.5 Å². The van der Waals surface area contributed by atoms with E-state index in [1.54, 1.807) is 7.11 Å². The van der Waals surface area contributed by atoms with Crippen LogP contribution in [0.25, 0.3) is 22.2 Å². The molecule has 0 atom stereocenters. The van der Waals surface area contributed by atoms with Crippen LogP contribution < -0.4 is 15.0 Å². The first kappa shape index (κ1) is 22.5. The fourth-order valence-corrected chi connectivity index (χ4v) is 4.48. The Morgan fingerprint density at radius 3 is 2.82 bits per heavy atom. The van der Waals surface area contributed by atoms with Crippen molar-refractivity contribution in [3.63, 3.8) is 0 Å². The van der Waals surface area contributed by atoms with E-state index in [2.05, 4.69) is 43.5 Å². The summed E-state index contributed by atoms with van der Waals surface area (Å²) in [4.78, 5) is 17.0. The molecule has 1 saturated heterocycles. The molecule has 1 amide bonds. The molecule has 9 nitrogen and oxygen atoms in total. The molecule has 9 heteroatoms. The molecule has 2 aliphatic rings. The molecule has 5 rings (SSSR count). The highest BCUT2D eigenvalue weighted by Crippen LogP contribution is 2.33. The predicted molar refractivity (Wildman–Crippen MR) is 130 cm³/mol. The number of piperazine rings is 1. The Hall–Kier alpha value is -3.30. The van der Waals surface area contributed by atoms with Gasteiger partial charge in [0, 0.05) is 63.0 Å². The van der Waals surface area contributed by atoms with Gasteiger partial charge in [-0.1, -0.05) is 0 Å². The number of rotatable bonds is 4. The Balaban J connectivity index is 1.48. The van der Waals surface area contributed by atoms with Crippen LogP contribution in [-0.2, 0) is 16.1 Å². The number of H-pyrrole nitrogens is 1. The van der Waals surface area contributed by atoms with Crippen molar-refractivity contribution in [3.8, 4) is 17.0 Å². The van der Waals surface area contributed by atoms with Gasteiger partial charge in [0.05, 0.1) is 18.7 Å². The Bertz CT molecular complexity index is 1140. The van der Waals surface area contributed by atoms with Gasteiger partial charge >= 0.3 is 6.09 Å². The third kappa shape index (κ3) is 5.10. The molecule has 0 spiro atoms. The average Bonchev–Trinajstić information content (AvgIpc) is 3.29. The molecule has 0 radical (unpaired) electrons. The lowest BCUT2D eigenvalue weighted by atomic mass is 10.0. The largest absolute Gasteiger partial charge is 0.494 e. The van der Waals surface area contributed by atoms with Gasteiger partial charge in [0.2, 0.25) is 0 Å². The van der Waals surface area contributed by atoms with Gasteiger partial charge in [-0.05, 0) is 48.4 Å². The molecular formula is C25H31N5O4. The second-order valence-electron chi connectivity index (χ2n) is 8.69. The first-order chi connectivity index (χ1) is 16.7. The summed E-state index contributed by atoms with van der Waals surface area (Å²) in [5.41, 5.74) is 4.84. The van der Waals surface area contributed by atoms with E-state index in [0.717, 1.165) is 78.5 Å². The number of benzene rings is 2. The summed E-state index contributed by atoms with van der Waals surface area (Å²) in [6, 6.07) is 12.3. The molecule has 0 unspecified atom stereocenters. The van der Waals surface area contributed by atoms with E-state index in [9.17, 15) is 4.79 Å². The van der Waals surface area contributed by atoms with Crippen LogP contribution in [0.3, 0.4) is 0 Å². The minimum atomic E-state index is -0.420. The fraction of sp³-hybridized carbons (Fsp3) is 0.440. The number of anilines is 1. The normalized spacial score (nSPS) is 17.6. The van der Waals surface area contributed by atoms with Crippen molar-refractivity contribution in [2.45, 2.75) is 13.0 Å². The number of aromatic amines is 1. The summed E-state index contributed by atoms with van der Waals surface area (Å²) < 4.78 is 16.6. The van der Waals surface area contributed by atoms with Crippen LogP contribution in [0.5, 0.6) is 5.75 Å². The highest BCUT2D eigenvalue weighted by atomic mass is 16.5. The van der Waals surface area contributed by atoms with Gasteiger partial charge in [-0.25, -0.2) is 4.79 Å². The first-order valence-corrected chi connectivity index (χ1v) is 11.8. The number of amides is 1. The van der Waals surface area contributed by atoms with Gasteiger partial charge in [0.1, 0.15) is 18.1 Å². The number of alkyl carbamates (subject to hydrolysis) is 1. The highest BCUT2D eigenvalue weighted by Gasteiger charge is 2.20. The van der Waals surface area contributed by atoms with E-state index >= 15 is 0 Å². The SMILES string of the molecule is COCCN1CCN(c2cc3cc(c2)-c2n[nH]c4ccc(cc24)OCCCNC(=O)OC3)CC1. The maximum atomic E-state index is 12.2. The second-order valence-corrected chi connectivity index (χ2v) is 8.69. The lowest BCUT2D eigenvalue weighted by molar-refractivity contribution is 0.139. The zero-order valence-electron chi connectivity index (χ0n) is 19.5. The number of nitrogens with zero attached hydrogens (tertiary/aromatic N) is 3. The molecule has 3 aromatic rings. The zero-order chi connectivity index (χ0) is 23.3. The first-order valence-electron chi connectivity index (χ1n) is 11.8. The van der Waals surface area contributed by atoms with Crippen molar-refractivity contribution in [3.05, 3.63) is 42.0 Å². The summed E-state index contributed by atoms with van der Waals surface area (Å²) in [5, 5.41) is 11.6. The molecule has 34 heavy (non-hydrogen) atoms. The van der Waals surface area contributed by atoms with Crippen LogP contribution in [-0.4, -0.2) is 80.8 Å². The van der Waals surface area contributed by atoms with Gasteiger partial charge in [0.15, 0.2) is 0 Å². The number of cyclic esters (lactones) is 1. The molecule has 1 aromatic heterocycles. The van der Waals surface area contributed by atoms with E-state index in [1.807, 2.05) is 18.2 Å². The van der Waals surface area contributed by atoms with Gasteiger partial charge in [-0.2, -0.15) is 5.10 Å². The van der Waals surface area contributed by atoms with E-state index in [0.29, 0.717) is 19.6 Å². The highest BCUT2D eigenvalue weighted by molar-refractivity contribution is 5.94. The number of aromatic nitrogens is 2. The van der Waals surface area contributed by atoms with Crippen LogP contribution in [0, 0.1) is 0 Å². The third-order valence-corrected chi connectivity index (χ3v) is 6.36.